The van der Waals surface area contributed by atoms with Crippen molar-refractivity contribution in [1.82, 2.24) is 4.98 Å². The number of pyridine rings is 1. The lowest BCUT2D eigenvalue weighted by Crippen LogP contribution is -1.77. The summed E-state index contributed by atoms with van der Waals surface area (Å²) < 4.78 is 12.0. The number of halogens is 1. The Morgan fingerprint density at radius 3 is 2.75 bits per heavy atom. The van der Waals surface area contributed by atoms with E-state index < -0.39 is 5.95 Å². The summed E-state index contributed by atoms with van der Waals surface area (Å²) in [5.74, 6) is -0.516. The van der Waals surface area contributed by atoms with Gasteiger partial charge in [0.15, 0.2) is 0 Å². The number of hydrogen-bond acceptors (Lipinski definition) is 1. The van der Waals surface area contributed by atoms with Gasteiger partial charge < -0.3 is 0 Å². The summed E-state index contributed by atoms with van der Waals surface area (Å²) in [6, 6.07) is 2.77. The van der Waals surface area contributed by atoms with Gasteiger partial charge in [-0.05, 0) is 6.07 Å². The van der Waals surface area contributed by atoms with E-state index in [2.05, 4.69) is 17.6 Å². The van der Waals surface area contributed by atoms with E-state index in [0.29, 0.717) is 4.90 Å². The monoisotopic (exact) mass is 128 g/mol. The van der Waals surface area contributed by atoms with Crippen molar-refractivity contribution in [3.63, 3.8) is 0 Å². The van der Waals surface area contributed by atoms with Crippen LogP contribution in [-0.2, 0) is 0 Å². The molecule has 0 saturated heterocycles. The average Bonchev–Trinajstić information content (AvgIpc) is 1.64. The van der Waals surface area contributed by atoms with Gasteiger partial charge in [-0.3, -0.25) is 0 Å². The van der Waals surface area contributed by atoms with Crippen molar-refractivity contribution in [2.24, 2.45) is 0 Å². The van der Waals surface area contributed by atoms with Gasteiger partial charge in [0.05, 0.1) is 0 Å². The quantitative estimate of drug-likeness (QED) is 0.485. The lowest BCUT2D eigenvalue weighted by atomic mass is 10.5. The summed E-state index contributed by atoms with van der Waals surface area (Å²) in [6.07, 6.45) is 1.34. The minimum absolute atomic E-state index is 0.484. The molecule has 0 aromatic carbocycles. The van der Waals surface area contributed by atoms with Gasteiger partial charge in [0.25, 0.3) is 0 Å². The number of hydrogen-bond donors (Lipinski definition) is 0. The third-order valence-corrected chi connectivity index (χ3v) is 0.952. The second kappa shape index (κ2) is 2.05. The predicted octanol–water partition coefficient (Wildman–Crippen LogP) is 1.78. The number of nitrogens with zero attached hydrogens (tertiary/aromatic N) is 1. The third kappa shape index (κ3) is 1.13. The highest BCUT2D eigenvalue weighted by atomic mass is 32.1. The van der Waals surface area contributed by atoms with Crippen LogP contribution < -0.4 is 0 Å². The summed E-state index contributed by atoms with van der Waals surface area (Å²) in [5, 5.41) is 0. The Hall–Kier alpha value is -0.700. The van der Waals surface area contributed by atoms with E-state index in [0.717, 1.165) is 0 Å². The second-order valence-corrected chi connectivity index (χ2v) is 1.79. The molecule has 0 atom stereocenters. The molecule has 0 saturated carbocycles. The summed E-state index contributed by atoms with van der Waals surface area (Å²) >= 11 is 4.62. The average molecular weight is 128 g/mol. The van der Waals surface area contributed by atoms with Gasteiger partial charge in [-0.1, -0.05) is 12.6 Å². The fourth-order valence-corrected chi connectivity index (χ4v) is 0.543. The van der Waals surface area contributed by atoms with Crippen molar-refractivity contribution in [3.05, 3.63) is 24.3 Å². The van der Waals surface area contributed by atoms with Gasteiger partial charge >= 0.3 is 0 Å². The van der Waals surface area contributed by atoms with Crippen molar-refractivity contribution in [3.8, 4) is 0 Å². The van der Waals surface area contributed by atoms with Crippen LogP contribution in [0.15, 0.2) is 23.2 Å². The molecule has 1 rings (SSSR count). The molecule has 1 nitrogen and oxygen atoms in total. The summed E-state index contributed by atoms with van der Waals surface area (Å²) in [7, 11) is 0. The van der Waals surface area contributed by atoms with Gasteiger partial charge in [0.1, 0.15) is 0 Å². The summed E-state index contributed by atoms with van der Waals surface area (Å²) in [5.41, 5.74) is 0. The molecule has 0 aliphatic heterocycles. The van der Waals surface area contributed by atoms with Gasteiger partial charge in [0, 0.05) is 17.2 Å². The van der Waals surface area contributed by atoms with Crippen LogP contribution in [0.25, 0.3) is 0 Å². The van der Waals surface area contributed by atoms with Crippen LogP contribution >= 0.6 is 12.6 Å². The van der Waals surface area contributed by atoms with Gasteiger partial charge in [0.2, 0.25) is 5.95 Å². The van der Waals surface area contributed by atoms with Gasteiger partial charge in [-0.15, -0.1) is 0 Å². The molecule has 1 aromatic rings. The predicted molar refractivity (Wildman–Crippen MR) is 30.1 cm³/mol. The molecule has 0 unspecified atom stereocenters. The number of aromatic nitrogens is 1. The molecule has 1 heterocycles. The second-order valence-electron chi connectivity index (χ2n) is 1.31. The van der Waals surface area contributed by atoms with E-state index in [1.54, 1.807) is 6.07 Å². The molecule has 0 bridgehead atoms. The minimum atomic E-state index is -0.516. The largest absolute Gasteiger partial charge is 0.228 e. The van der Waals surface area contributed by atoms with Crippen molar-refractivity contribution in [2.45, 2.75) is 4.90 Å². The molecule has 3 heteroatoms. The Balaban J connectivity index is 3.08. The third-order valence-electron chi connectivity index (χ3n) is 0.698. The highest BCUT2D eigenvalue weighted by molar-refractivity contribution is 7.80. The van der Waals surface area contributed by atoms with E-state index in [9.17, 15) is 4.39 Å². The summed E-state index contributed by atoms with van der Waals surface area (Å²) in [4.78, 5) is 3.79. The van der Waals surface area contributed by atoms with E-state index in [1.807, 2.05) is 0 Å². The Morgan fingerprint density at radius 1 is 1.62 bits per heavy atom. The first-order valence-corrected chi connectivity index (χ1v) is 2.48. The normalized spacial score (nSPS) is 9.12. The SMILES string of the molecule is Fc1cc([S])ccn1. The zero-order chi connectivity index (χ0) is 5.98. The highest BCUT2D eigenvalue weighted by Crippen LogP contribution is 2.03. The van der Waals surface area contributed by atoms with Crippen LogP contribution in [0.4, 0.5) is 4.39 Å². The first kappa shape index (κ1) is 5.44. The first-order valence-electron chi connectivity index (χ1n) is 2.07. The molecule has 0 N–H and O–H groups in total. The van der Waals surface area contributed by atoms with E-state index >= 15 is 0 Å². The molecule has 0 aliphatic carbocycles. The Bertz CT molecular complexity index is 172. The Morgan fingerprint density at radius 2 is 2.38 bits per heavy atom. The van der Waals surface area contributed by atoms with E-state index in [-0.39, 0.29) is 0 Å². The van der Waals surface area contributed by atoms with E-state index in [1.165, 1.54) is 12.3 Å². The fourth-order valence-electron chi connectivity index (χ4n) is 0.385. The molecular formula is C5H3FNS. The Kier molecular flexibility index (Phi) is 1.39. The Labute approximate surface area is 52.0 Å². The molecule has 0 aliphatic rings. The van der Waals surface area contributed by atoms with Gasteiger partial charge in [-0.2, -0.15) is 4.39 Å². The number of rotatable bonds is 0. The zero-order valence-electron chi connectivity index (χ0n) is 3.97. The zero-order valence-corrected chi connectivity index (χ0v) is 4.78. The first-order chi connectivity index (χ1) is 3.79. The van der Waals surface area contributed by atoms with Crippen LogP contribution in [0.1, 0.15) is 0 Å². The maximum absolute atomic E-state index is 12.0. The molecule has 1 radical (unpaired) electrons. The van der Waals surface area contributed by atoms with Crippen LogP contribution in [0.3, 0.4) is 0 Å². The minimum Gasteiger partial charge on any atom is -0.228 e. The van der Waals surface area contributed by atoms with E-state index in [4.69, 9.17) is 0 Å². The standard InChI is InChI=1S/C5H3FNS/c6-5-3-4(8)1-2-7-5/h1-3H. The highest BCUT2D eigenvalue weighted by Gasteiger charge is 1.88. The molecular weight excluding hydrogens is 125 g/mol. The van der Waals surface area contributed by atoms with Crippen LogP contribution in [0.2, 0.25) is 0 Å². The maximum atomic E-state index is 12.0. The molecule has 1 aromatic heterocycles. The molecule has 0 spiro atoms. The summed E-state index contributed by atoms with van der Waals surface area (Å²) in [6.45, 7) is 0. The topological polar surface area (TPSA) is 12.9 Å². The smallest absolute Gasteiger partial charge is 0.214 e. The molecule has 0 fully saturated rings. The van der Waals surface area contributed by atoms with Crippen molar-refractivity contribution >= 4 is 12.6 Å². The maximum Gasteiger partial charge on any atom is 0.214 e. The lowest BCUT2D eigenvalue weighted by Gasteiger charge is -1.84. The lowest BCUT2D eigenvalue weighted by molar-refractivity contribution is 0.580. The molecule has 41 valence electrons. The van der Waals surface area contributed by atoms with Crippen LogP contribution in [-0.4, -0.2) is 4.98 Å². The van der Waals surface area contributed by atoms with Crippen LogP contribution in [0, 0.1) is 5.95 Å². The van der Waals surface area contributed by atoms with Crippen LogP contribution in [0.5, 0.6) is 0 Å². The van der Waals surface area contributed by atoms with Crippen molar-refractivity contribution in [2.75, 3.05) is 0 Å². The van der Waals surface area contributed by atoms with Crippen molar-refractivity contribution < 1.29 is 4.39 Å². The molecule has 0 amide bonds. The molecule has 8 heavy (non-hydrogen) atoms. The van der Waals surface area contributed by atoms with Gasteiger partial charge in [-0.25, -0.2) is 4.98 Å². The fraction of sp³-hybridized carbons (Fsp3) is 0. The van der Waals surface area contributed by atoms with Crippen molar-refractivity contribution in [1.29, 1.82) is 0 Å².